The van der Waals surface area contributed by atoms with Gasteiger partial charge in [0.15, 0.2) is 5.82 Å². The van der Waals surface area contributed by atoms with E-state index in [0.29, 0.717) is 13.0 Å². The summed E-state index contributed by atoms with van der Waals surface area (Å²) in [5.74, 6) is 2.05. The summed E-state index contributed by atoms with van der Waals surface area (Å²) >= 11 is 0. The Kier molecular flexibility index (Phi) is 5.51. The number of hydrogen-bond acceptors (Lipinski definition) is 3. The smallest absolute Gasteiger partial charge is 0.227 e. The van der Waals surface area contributed by atoms with Gasteiger partial charge in [0.1, 0.15) is 5.82 Å². The number of rotatable bonds is 5. The first-order valence-corrected chi connectivity index (χ1v) is 10.00. The molecule has 0 spiro atoms. The molecule has 0 radical (unpaired) electrons. The highest BCUT2D eigenvalue weighted by Crippen LogP contribution is 2.20. The fourth-order valence-electron chi connectivity index (χ4n) is 3.72. The Bertz CT molecular complexity index is 931. The van der Waals surface area contributed by atoms with Gasteiger partial charge in [0.2, 0.25) is 5.91 Å². The van der Waals surface area contributed by atoms with Crippen LogP contribution in [0.2, 0.25) is 0 Å². The normalized spacial score (nSPS) is 13.6. The number of nitrogens with zero attached hydrogens (tertiary/aromatic N) is 4. The second kappa shape index (κ2) is 8.38. The van der Waals surface area contributed by atoms with Crippen LogP contribution in [-0.2, 0) is 30.7 Å². The average molecular weight is 374 g/mol. The summed E-state index contributed by atoms with van der Waals surface area (Å²) in [4.78, 5) is 14.5. The molecule has 0 saturated carbocycles. The van der Waals surface area contributed by atoms with Gasteiger partial charge in [0.05, 0.1) is 13.0 Å². The lowest BCUT2D eigenvalue weighted by Gasteiger charge is -2.17. The summed E-state index contributed by atoms with van der Waals surface area (Å²) < 4.78 is 2.20. The van der Waals surface area contributed by atoms with E-state index in [1.54, 1.807) is 4.90 Å². The van der Waals surface area contributed by atoms with Gasteiger partial charge in [-0.3, -0.25) is 4.79 Å². The molecule has 0 fully saturated rings. The summed E-state index contributed by atoms with van der Waals surface area (Å²) in [5.41, 5.74) is 3.37. The topological polar surface area (TPSA) is 51.0 Å². The molecule has 5 heteroatoms. The molecule has 1 amide bonds. The number of amides is 1. The van der Waals surface area contributed by atoms with Crippen LogP contribution in [0, 0.1) is 0 Å². The lowest BCUT2D eigenvalue weighted by molar-refractivity contribution is -0.129. The number of benzene rings is 2. The van der Waals surface area contributed by atoms with Gasteiger partial charge in [0, 0.05) is 20.0 Å². The highest BCUT2D eigenvalue weighted by Gasteiger charge is 2.18. The third-order valence-electron chi connectivity index (χ3n) is 5.41. The van der Waals surface area contributed by atoms with Crippen molar-refractivity contribution in [1.82, 2.24) is 19.7 Å². The van der Waals surface area contributed by atoms with E-state index >= 15 is 0 Å². The van der Waals surface area contributed by atoms with E-state index in [1.165, 1.54) is 18.4 Å². The van der Waals surface area contributed by atoms with Crippen molar-refractivity contribution in [3.05, 3.63) is 71.8 Å². The maximum absolute atomic E-state index is 12.7. The molecule has 4 rings (SSSR count). The number of aryl methyl sites for hydroxylation is 1. The first kappa shape index (κ1) is 18.4. The second-order valence-electron chi connectivity index (χ2n) is 7.48. The first-order valence-electron chi connectivity index (χ1n) is 10.00. The van der Waals surface area contributed by atoms with E-state index in [9.17, 15) is 4.79 Å². The van der Waals surface area contributed by atoms with Gasteiger partial charge in [-0.25, -0.2) is 0 Å². The number of likely N-dealkylation sites (N-methyl/N-ethyl adjacent to an activating group) is 1. The summed E-state index contributed by atoms with van der Waals surface area (Å²) in [7, 11) is 1.85. The number of fused-ring (bicyclic) bond motifs is 1. The number of aromatic nitrogens is 3. The maximum atomic E-state index is 12.7. The Morgan fingerprint density at radius 3 is 2.50 bits per heavy atom. The molecule has 3 aromatic rings. The molecule has 5 nitrogen and oxygen atoms in total. The fraction of sp³-hybridized carbons (Fsp3) is 0.348. The van der Waals surface area contributed by atoms with Gasteiger partial charge < -0.3 is 9.47 Å². The van der Waals surface area contributed by atoms with Crippen LogP contribution < -0.4 is 0 Å². The molecule has 1 aromatic heterocycles. The molecular weight excluding hydrogens is 348 g/mol. The van der Waals surface area contributed by atoms with Crippen molar-refractivity contribution in [2.75, 3.05) is 7.05 Å². The minimum atomic E-state index is 0.0958. The average Bonchev–Trinajstić information content (AvgIpc) is 2.95. The SMILES string of the molecule is CN(Cc1nnc2n1CCCCC2)C(=O)Cc1ccc(-c2ccccc2)cc1. The Balaban J connectivity index is 1.39. The van der Waals surface area contributed by atoms with E-state index in [0.717, 1.165) is 42.2 Å². The zero-order chi connectivity index (χ0) is 19.3. The molecule has 1 aliphatic rings. The molecule has 0 atom stereocenters. The largest absolute Gasteiger partial charge is 0.338 e. The highest BCUT2D eigenvalue weighted by molar-refractivity contribution is 5.78. The minimum Gasteiger partial charge on any atom is -0.338 e. The molecule has 0 saturated heterocycles. The predicted octanol–water partition coefficient (Wildman–Crippen LogP) is 3.87. The van der Waals surface area contributed by atoms with E-state index in [2.05, 4.69) is 39.0 Å². The van der Waals surface area contributed by atoms with Crippen LogP contribution in [0.1, 0.15) is 36.5 Å². The molecule has 0 aliphatic carbocycles. The van der Waals surface area contributed by atoms with E-state index < -0.39 is 0 Å². The van der Waals surface area contributed by atoms with Crippen LogP contribution in [0.15, 0.2) is 54.6 Å². The van der Waals surface area contributed by atoms with Gasteiger partial charge >= 0.3 is 0 Å². The Hall–Kier alpha value is -2.95. The minimum absolute atomic E-state index is 0.0958. The lowest BCUT2D eigenvalue weighted by atomic mass is 10.0. The molecule has 144 valence electrons. The van der Waals surface area contributed by atoms with Crippen molar-refractivity contribution in [3.8, 4) is 11.1 Å². The van der Waals surface area contributed by atoms with E-state index in [4.69, 9.17) is 0 Å². The highest BCUT2D eigenvalue weighted by atomic mass is 16.2. The second-order valence-corrected chi connectivity index (χ2v) is 7.48. The van der Waals surface area contributed by atoms with Gasteiger partial charge in [0.25, 0.3) is 0 Å². The van der Waals surface area contributed by atoms with Crippen molar-refractivity contribution >= 4 is 5.91 Å². The van der Waals surface area contributed by atoms with Crippen molar-refractivity contribution in [2.45, 2.75) is 45.2 Å². The Morgan fingerprint density at radius 1 is 0.964 bits per heavy atom. The molecule has 28 heavy (non-hydrogen) atoms. The quantitative estimate of drug-likeness (QED) is 0.681. The number of hydrogen-bond donors (Lipinski definition) is 0. The molecule has 1 aliphatic heterocycles. The Labute approximate surface area is 166 Å². The standard InChI is InChI=1S/C23H26N4O/c1-26(17-22-25-24-21-10-6-3-7-15-27(21)22)23(28)16-18-11-13-20(14-12-18)19-8-4-2-5-9-19/h2,4-5,8-9,11-14H,3,6-7,10,15-17H2,1H3. The molecular formula is C23H26N4O. The van der Waals surface area contributed by atoms with E-state index in [-0.39, 0.29) is 5.91 Å². The monoisotopic (exact) mass is 374 g/mol. The van der Waals surface area contributed by atoms with Crippen molar-refractivity contribution in [3.63, 3.8) is 0 Å². The van der Waals surface area contributed by atoms with Crippen molar-refractivity contribution in [1.29, 1.82) is 0 Å². The van der Waals surface area contributed by atoms with Crippen LogP contribution in [0.3, 0.4) is 0 Å². The van der Waals surface area contributed by atoms with Crippen LogP contribution in [-0.4, -0.2) is 32.6 Å². The zero-order valence-corrected chi connectivity index (χ0v) is 16.3. The summed E-state index contributed by atoms with van der Waals surface area (Å²) in [6, 6.07) is 18.5. The van der Waals surface area contributed by atoms with Gasteiger partial charge in [-0.05, 0) is 29.5 Å². The van der Waals surface area contributed by atoms with Crippen LogP contribution in [0.25, 0.3) is 11.1 Å². The number of carbonyl (C=O) groups is 1. The van der Waals surface area contributed by atoms with Gasteiger partial charge in [-0.2, -0.15) is 0 Å². The van der Waals surface area contributed by atoms with Gasteiger partial charge in [-0.15, -0.1) is 10.2 Å². The third kappa shape index (κ3) is 4.14. The van der Waals surface area contributed by atoms with Crippen molar-refractivity contribution < 1.29 is 4.79 Å². The maximum Gasteiger partial charge on any atom is 0.227 e. The zero-order valence-electron chi connectivity index (χ0n) is 16.3. The van der Waals surface area contributed by atoms with Crippen LogP contribution in [0.5, 0.6) is 0 Å². The molecule has 2 heterocycles. The first-order chi connectivity index (χ1) is 13.7. The molecule has 0 unspecified atom stereocenters. The lowest BCUT2D eigenvalue weighted by Crippen LogP contribution is -2.29. The summed E-state index contributed by atoms with van der Waals surface area (Å²) in [6.07, 6.45) is 4.94. The number of carbonyl (C=O) groups excluding carboxylic acids is 1. The third-order valence-corrected chi connectivity index (χ3v) is 5.41. The van der Waals surface area contributed by atoms with Crippen LogP contribution >= 0.6 is 0 Å². The predicted molar refractivity (Wildman–Crippen MR) is 110 cm³/mol. The summed E-state index contributed by atoms with van der Waals surface area (Å²) in [6.45, 7) is 1.47. The van der Waals surface area contributed by atoms with E-state index in [1.807, 2.05) is 37.4 Å². The fourth-order valence-corrected chi connectivity index (χ4v) is 3.72. The van der Waals surface area contributed by atoms with Crippen molar-refractivity contribution in [2.24, 2.45) is 0 Å². The van der Waals surface area contributed by atoms with Crippen LogP contribution in [0.4, 0.5) is 0 Å². The molecule has 0 N–H and O–H groups in total. The molecule has 0 bridgehead atoms. The Morgan fingerprint density at radius 2 is 1.71 bits per heavy atom. The summed E-state index contributed by atoms with van der Waals surface area (Å²) in [5, 5.41) is 8.66. The van der Waals surface area contributed by atoms with Gasteiger partial charge in [-0.1, -0.05) is 61.0 Å². The molecule has 2 aromatic carbocycles.